The summed E-state index contributed by atoms with van der Waals surface area (Å²) in [6.07, 6.45) is 1.52. The predicted molar refractivity (Wildman–Crippen MR) is 139 cm³/mol. The number of hydrogen-bond acceptors (Lipinski definition) is 6. The highest BCUT2D eigenvalue weighted by Gasteiger charge is 2.35. The fraction of sp³-hybridized carbons (Fsp3) is 0.0714. The molecule has 0 radical (unpaired) electrons. The van der Waals surface area contributed by atoms with Crippen LogP contribution < -0.4 is 0 Å². The van der Waals surface area contributed by atoms with E-state index in [4.69, 9.17) is 0 Å². The van der Waals surface area contributed by atoms with Crippen molar-refractivity contribution < 1.29 is 14.7 Å². The number of aromatic hydroxyl groups is 1. The summed E-state index contributed by atoms with van der Waals surface area (Å²) in [5.41, 5.74) is 3.62. The van der Waals surface area contributed by atoms with Crippen LogP contribution in [0, 0.1) is 6.92 Å². The fourth-order valence-corrected chi connectivity index (χ4v) is 4.61. The summed E-state index contributed by atoms with van der Waals surface area (Å²) in [7, 11) is 0. The molecule has 4 aromatic rings. The highest BCUT2D eigenvalue weighted by atomic mass is 32.2. The van der Waals surface area contributed by atoms with Crippen molar-refractivity contribution in [1.82, 2.24) is 4.90 Å². The lowest BCUT2D eigenvalue weighted by molar-refractivity contribution is -0.123. The Morgan fingerprint density at radius 3 is 2.51 bits per heavy atom. The van der Waals surface area contributed by atoms with E-state index in [0.29, 0.717) is 11.3 Å². The second kappa shape index (κ2) is 9.56. The Morgan fingerprint density at radius 2 is 1.69 bits per heavy atom. The van der Waals surface area contributed by atoms with E-state index in [9.17, 15) is 14.7 Å². The Hall–Kier alpha value is -4.23. The summed E-state index contributed by atoms with van der Waals surface area (Å²) < 4.78 is 0. The normalized spacial score (nSPS) is 15.1. The van der Waals surface area contributed by atoms with Crippen LogP contribution in [0.25, 0.3) is 16.8 Å². The molecule has 2 amide bonds. The number of azo groups is 1. The summed E-state index contributed by atoms with van der Waals surface area (Å²) in [5, 5.41) is 20.8. The van der Waals surface area contributed by atoms with Gasteiger partial charge in [0.1, 0.15) is 5.75 Å². The van der Waals surface area contributed by atoms with Crippen LogP contribution in [0.15, 0.2) is 100 Å². The first kappa shape index (κ1) is 22.6. The van der Waals surface area contributed by atoms with Gasteiger partial charge in [0.15, 0.2) is 0 Å². The van der Waals surface area contributed by atoms with Crippen LogP contribution in [0.4, 0.5) is 16.2 Å². The zero-order valence-electron chi connectivity index (χ0n) is 18.9. The molecule has 1 aliphatic heterocycles. The maximum absolute atomic E-state index is 12.9. The molecule has 0 aliphatic carbocycles. The molecule has 0 aromatic heterocycles. The molecule has 0 atom stereocenters. The minimum absolute atomic E-state index is 0.0144. The van der Waals surface area contributed by atoms with Crippen LogP contribution in [0.3, 0.4) is 0 Å². The molecule has 1 aliphatic rings. The first-order valence-electron chi connectivity index (χ1n) is 11.0. The molecule has 0 unspecified atom stereocenters. The number of amides is 2. The smallest absolute Gasteiger partial charge is 0.293 e. The number of carbonyl (C=O) groups is 2. The number of rotatable bonds is 5. The first-order chi connectivity index (χ1) is 17.0. The third-order valence-electron chi connectivity index (χ3n) is 5.67. The monoisotopic (exact) mass is 479 g/mol. The standard InChI is InChI=1S/C28H21N3O3S/c1-18-9-11-19(12-10-18)17-31-27(33)26(35-28(31)34)16-21-15-22(13-14-25(21)32)29-30-24-8-4-6-20-5-2-3-7-23(20)24/h2-16,32H,17H2,1H3/b26-16-,30-29?. The highest BCUT2D eigenvalue weighted by Crippen LogP contribution is 2.36. The van der Waals surface area contributed by atoms with Crippen molar-refractivity contribution in [2.75, 3.05) is 0 Å². The molecule has 1 heterocycles. The minimum atomic E-state index is -0.386. The van der Waals surface area contributed by atoms with Crippen molar-refractivity contribution in [3.05, 3.63) is 107 Å². The number of imide groups is 1. The largest absolute Gasteiger partial charge is 0.507 e. The van der Waals surface area contributed by atoms with Gasteiger partial charge in [0.05, 0.1) is 22.8 Å². The molecule has 0 spiro atoms. The zero-order valence-corrected chi connectivity index (χ0v) is 19.7. The van der Waals surface area contributed by atoms with Crippen molar-refractivity contribution in [3.8, 4) is 5.75 Å². The average molecular weight is 480 g/mol. The van der Waals surface area contributed by atoms with Gasteiger partial charge < -0.3 is 5.11 Å². The van der Waals surface area contributed by atoms with Crippen LogP contribution >= 0.6 is 11.8 Å². The Bertz CT molecular complexity index is 1500. The Balaban J connectivity index is 1.39. The molecular formula is C28H21N3O3S. The lowest BCUT2D eigenvalue weighted by Crippen LogP contribution is -2.27. The van der Waals surface area contributed by atoms with E-state index < -0.39 is 0 Å². The van der Waals surface area contributed by atoms with Gasteiger partial charge in [-0.2, -0.15) is 5.11 Å². The third-order valence-corrected chi connectivity index (χ3v) is 6.58. The maximum Gasteiger partial charge on any atom is 0.293 e. The van der Waals surface area contributed by atoms with Gasteiger partial charge in [-0.1, -0.05) is 66.2 Å². The van der Waals surface area contributed by atoms with Crippen LogP contribution in [0.2, 0.25) is 0 Å². The first-order valence-corrected chi connectivity index (χ1v) is 11.8. The highest BCUT2D eigenvalue weighted by molar-refractivity contribution is 8.18. The molecule has 35 heavy (non-hydrogen) atoms. The fourth-order valence-electron chi connectivity index (χ4n) is 3.78. The molecule has 1 fully saturated rings. The Kier molecular flexibility index (Phi) is 6.16. The molecule has 0 saturated carbocycles. The number of phenols is 1. The SMILES string of the molecule is Cc1ccc(CN2C(=O)S/C(=C\c3cc(N=Nc4cccc5ccccc45)ccc3O)C2=O)cc1. The van der Waals surface area contributed by atoms with Gasteiger partial charge in [0.2, 0.25) is 0 Å². The van der Waals surface area contributed by atoms with E-state index >= 15 is 0 Å². The van der Waals surface area contributed by atoms with E-state index in [1.165, 1.54) is 17.0 Å². The van der Waals surface area contributed by atoms with Gasteiger partial charge >= 0.3 is 0 Å². The number of phenolic OH excluding ortho intramolecular Hbond substituents is 1. The number of nitrogens with zero attached hydrogens (tertiary/aromatic N) is 3. The number of benzene rings is 4. The number of carbonyl (C=O) groups excluding carboxylic acids is 2. The molecular weight excluding hydrogens is 458 g/mol. The summed E-state index contributed by atoms with van der Waals surface area (Å²) in [6, 6.07) is 26.2. The molecule has 0 bridgehead atoms. The topological polar surface area (TPSA) is 82.3 Å². The summed E-state index contributed by atoms with van der Waals surface area (Å²) in [5.74, 6) is -0.401. The maximum atomic E-state index is 12.9. The third kappa shape index (κ3) is 4.85. The number of fused-ring (bicyclic) bond motifs is 1. The lowest BCUT2D eigenvalue weighted by atomic mass is 10.1. The van der Waals surface area contributed by atoms with Gasteiger partial charge in [0, 0.05) is 10.9 Å². The van der Waals surface area contributed by atoms with Crippen LogP contribution in [-0.4, -0.2) is 21.2 Å². The zero-order chi connectivity index (χ0) is 24.4. The van der Waals surface area contributed by atoms with Crippen molar-refractivity contribution in [2.24, 2.45) is 10.2 Å². The summed E-state index contributed by atoms with van der Waals surface area (Å²) in [6.45, 7) is 2.18. The Morgan fingerprint density at radius 1 is 0.914 bits per heavy atom. The molecule has 5 rings (SSSR count). The number of aryl methyl sites for hydroxylation is 1. The van der Waals surface area contributed by atoms with E-state index in [2.05, 4.69) is 10.2 Å². The van der Waals surface area contributed by atoms with Crippen LogP contribution in [-0.2, 0) is 11.3 Å². The predicted octanol–water partition coefficient (Wildman–Crippen LogP) is 7.51. The second-order valence-electron chi connectivity index (χ2n) is 8.19. The van der Waals surface area contributed by atoms with Gasteiger partial charge in [-0.3, -0.25) is 14.5 Å². The molecule has 1 N–H and O–H groups in total. The van der Waals surface area contributed by atoms with E-state index in [1.54, 1.807) is 12.1 Å². The quantitative estimate of drug-likeness (QED) is 0.237. The van der Waals surface area contributed by atoms with E-state index in [0.717, 1.165) is 39.3 Å². The van der Waals surface area contributed by atoms with E-state index in [-0.39, 0.29) is 28.3 Å². The second-order valence-corrected chi connectivity index (χ2v) is 9.19. The summed E-state index contributed by atoms with van der Waals surface area (Å²) >= 11 is 0.859. The molecule has 172 valence electrons. The van der Waals surface area contributed by atoms with Crippen molar-refractivity contribution in [1.29, 1.82) is 0 Å². The van der Waals surface area contributed by atoms with Crippen molar-refractivity contribution in [3.63, 3.8) is 0 Å². The number of thioether (sulfide) groups is 1. The molecule has 1 saturated heterocycles. The van der Waals surface area contributed by atoms with Gasteiger partial charge in [-0.15, -0.1) is 5.11 Å². The molecule has 7 heteroatoms. The average Bonchev–Trinajstić information content (AvgIpc) is 3.13. The van der Waals surface area contributed by atoms with Gasteiger partial charge in [0.25, 0.3) is 11.1 Å². The van der Waals surface area contributed by atoms with Gasteiger partial charge in [-0.05, 0) is 60.0 Å². The van der Waals surface area contributed by atoms with E-state index in [1.807, 2.05) is 73.7 Å². The van der Waals surface area contributed by atoms with Crippen molar-refractivity contribution >= 4 is 51.1 Å². The lowest BCUT2D eigenvalue weighted by Gasteiger charge is -2.12. The van der Waals surface area contributed by atoms with Crippen molar-refractivity contribution in [2.45, 2.75) is 13.5 Å². The minimum Gasteiger partial charge on any atom is -0.507 e. The summed E-state index contributed by atoms with van der Waals surface area (Å²) in [4.78, 5) is 26.9. The number of hydrogen-bond donors (Lipinski definition) is 1. The van der Waals surface area contributed by atoms with Crippen LogP contribution in [0.1, 0.15) is 16.7 Å². The van der Waals surface area contributed by atoms with Crippen LogP contribution in [0.5, 0.6) is 5.75 Å². The Labute approximate surface area is 206 Å². The molecule has 4 aromatic carbocycles. The molecule has 6 nitrogen and oxygen atoms in total. The van der Waals surface area contributed by atoms with Gasteiger partial charge in [-0.25, -0.2) is 0 Å².